The average molecular weight is 310 g/mol. The smallest absolute Gasteiger partial charge is 0.159 e. The van der Waals surface area contributed by atoms with Crippen LogP contribution in [0.3, 0.4) is 0 Å². The van der Waals surface area contributed by atoms with E-state index < -0.39 is 0 Å². The molecule has 0 saturated carbocycles. The summed E-state index contributed by atoms with van der Waals surface area (Å²) in [6.07, 6.45) is 2.40. The Morgan fingerprint density at radius 3 is 2.81 bits per heavy atom. The first-order chi connectivity index (χ1) is 10.0. The minimum Gasteiger partial charge on any atom is -0.307 e. The van der Waals surface area contributed by atoms with Gasteiger partial charge in [-0.1, -0.05) is 0 Å². The van der Waals surface area contributed by atoms with Gasteiger partial charge in [0.2, 0.25) is 0 Å². The number of likely N-dealkylation sites (N-methyl/N-ethyl adjacent to an activating group) is 1. The second-order valence-corrected chi connectivity index (χ2v) is 6.74. The molecule has 2 aromatic heterocycles. The summed E-state index contributed by atoms with van der Waals surface area (Å²) in [6.45, 7) is 9.24. The van der Waals surface area contributed by atoms with Crippen LogP contribution in [-0.2, 0) is 6.54 Å². The lowest BCUT2D eigenvalue weighted by Crippen LogP contribution is -2.34. The third-order valence-electron chi connectivity index (χ3n) is 4.39. The maximum atomic E-state index is 6.41. The van der Waals surface area contributed by atoms with Crippen LogP contribution in [0.5, 0.6) is 0 Å². The zero-order valence-electron chi connectivity index (χ0n) is 13.3. The van der Waals surface area contributed by atoms with Crippen LogP contribution in [0.1, 0.15) is 49.6 Å². The van der Waals surface area contributed by atoms with Gasteiger partial charge in [0.1, 0.15) is 11.3 Å². The van der Waals surface area contributed by atoms with Gasteiger partial charge in [-0.3, -0.25) is 0 Å². The Bertz CT molecular complexity index is 642. The summed E-state index contributed by atoms with van der Waals surface area (Å²) in [4.78, 5) is 7.20. The van der Waals surface area contributed by atoms with E-state index in [1.54, 1.807) is 0 Å². The van der Waals surface area contributed by atoms with Crippen molar-refractivity contribution in [2.45, 2.75) is 51.6 Å². The predicted molar refractivity (Wildman–Crippen MR) is 86.0 cm³/mol. The molecule has 0 amide bonds. The van der Waals surface area contributed by atoms with E-state index in [1.165, 1.54) is 19.4 Å². The van der Waals surface area contributed by atoms with Gasteiger partial charge in [-0.05, 0) is 47.2 Å². The standard InChI is InChI=1S/C15H24ClN5/c1-5-20-15-13(11(3)18-20)17-14(10(2)16)21(15)12-7-6-8-19(4)9-12/h10,12H,5-9H2,1-4H3. The van der Waals surface area contributed by atoms with E-state index in [0.717, 1.165) is 35.8 Å². The molecule has 5 nitrogen and oxygen atoms in total. The highest BCUT2D eigenvalue weighted by Gasteiger charge is 2.28. The number of piperidine rings is 1. The quantitative estimate of drug-likeness (QED) is 0.818. The minimum atomic E-state index is -0.0886. The third kappa shape index (κ3) is 2.46. The Morgan fingerprint density at radius 1 is 1.43 bits per heavy atom. The second-order valence-electron chi connectivity index (χ2n) is 6.09. The highest BCUT2D eigenvalue weighted by atomic mass is 35.5. The zero-order valence-corrected chi connectivity index (χ0v) is 14.1. The Labute approximate surface area is 130 Å². The first-order valence-electron chi connectivity index (χ1n) is 7.80. The number of hydrogen-bond acceptors (Lipinski definition) is 3. The molecule has 1 aliphatic rings. The number of halogens is 1. The summed E-state index contributed by atoms with van der Waals surface area (Å²) < 4.78 is 4.42. The van der Waals surface area contributed by atoms with Gasteiger partial charge in [0, 0.05) is 19.1 Å². The highest BCUT2D eigenvalue weighted by Crippen LogP contribution is 2.32. The molecule has 0 bridgehead atoms. The monoisotopic (exact) mass is 309 g/mol. The van der Waals surface area contributed by atoms with Gasteiger partial charge in [0.25, 0.3) is 0 Å². The van der Waals surface area contributed by atoms with Crippen molar-refractivity contribution in [3.63, 3.8) is 0 Å². The van der Waals surface area contributed by atoms with Crippen molar-refractivity contribution < 1.29 is 0 Å². The molecule has 2 unspecified atom stereocenters. The zero-order chi connectivity index (χ0) is 15.1. The third-order valence-corrected chi connectivity index (χ3v) is 4.59. The fraction of sp³-hybridized carbons (Fsp3) is 0.733. The fourth-order valence-corrected chi connectivity index (χ4v) is 3.57. The molecule has 1 saturated heterocycles. The van der Waals surface area contributed by atoms with Crippen molar-refractivity contribution in [3.05, 3.63) is 11.5 Å². The molecule has 21 heavy (non-hydrogen) atoms. The molecule has 1 fully saturated rings. The average Bonchev–Trinajstić information content (AvgIpc) is 2.97. The molecule has 6 heteroatoms. The van der Waals surface area contributed by atoms with E-state index in [4.69, 9.17) is 16.6 Å². The second kappa shape index (κ2) is 5.61. The molecule has 3 rings (SSSR count). The topological polar surface area (TPSA) is 38.9 Å². The van der Waals surface area contributed by atoms with Gasteiger partial charge in [-0.2, -0.15) is 5.10 Å². The van der Waals surface area contributed by atoms with E-state index in [1.807, 2.05) is 13.8 Å². The molecule has 0 aliphatic carbocycles. The highest BCUT2D eigenvalue weighted by molar-refractivity contribution is 6.20. The van der Waals surface area contributed by atoms with Crippen LogP contribution in [0.25, 0.3) is 11.2 Å². The van der Waals surface area contributed by atoms with Crippen LogP contribution < -0.4 is 0 Å². The van der Waals surface area contributed by atoms with E-state index in [9.17, 15) is 0 Å². The van der Waals surface area contributed by atoms with Crippen molar-refractivity contribution in [2.75, 3.05) is 20.1 Å². The Kier molecular flexibility index (Phi) is 3.97. The van der Waals surface area contributed by atoms with Gasteiger partial charge in [-0.15, -0.1) is 11.6 Å². The SMILES string of the molecule is CCn1nc(C)c2nc(C(C)Cl)n(C3CCCN(C)C3)c21. The number of aromatic nitrogens is 4. The normalized spacial score (nSPS) is 22.0. The lowest BCUT2D eigenvalue weighted by Gasteiger charge is -2.32. The summed E-state index contributed by atoms with van der Waals surface area (Å²) in [5, 5.41) is 4.53. The number of imidazole rings is 1. The Morgan fingerprint density at radius 2 is 2.19 bits per heavy atom. The van der Waals surface area contributed by atoms with E-state index >= 15 is 0 Å². The van der Waals surface area contributed by atoms with Gasteiger partial charge in [0.05, 0.1) is 11.1 Å². The molecular weight excluding hydrogens is 286 g/mol. The van der Waals surface area contributed by atoms with Crippen molar-refractivity contribution in [1.29, 1.82) is 0 Å². The van der Waals surface area contributed by atoms with Gasteiger partial charge >= 0.3 is 0 Å². The van der Waals surface area contributed by atoms with Gasteiger partial charge in [0.15, 0.2) is 5.65 Å². The van der Waals surface area contributed by atoms with Crippen LogP contribution in [0.2, 0.25) is 0 Å². The largest absolute Gasteiger partial charge is 0.307 e. The minimum absolute atomic E-state index is 0.0886. The van der Waals surface area contributed by atoms with Crippen molar-refractivity contribution in [2.24, 2.45) is 0 Å². The number of fused-ring (bicyclic) bond motifs is 1. The number of nitrogens with zero attached hydrogens (tertiary/aromatic N) is 5. The molecule has 0 radical (unpaired) electrons. The van der Waals surface area contributed by atoms with Crippen LogP contribution >= 0.6 is 11.6 Å². The molecule has 116 valence electrons. The summed E-state index contributed by atoms with van der Waals surface area (Å²) in [5.41, 5.74) is 3.14. The number of alkyl halides is 1. The predicted octanol–water partition coefficient (Wildman–Crippen LogP) is 3.13. The Hall–Kier alpha value is -1.07. The fourth-order valence-electron chi connectivity index (χ4n) is 3.42. The Balaban J connectivity index is 2.19. The van der Waals surface area contributed by atoms with Crippen LogP contribution in [0.15, 0.2) is 0 Å². The summed E-state index contributed by atoms with van der Waals surface area (Å²) in [7, 11) is 2.19. The van der Waals surface area contributed by atoms with Gasteiger partial charge in [-0.25, -0.2) is 9.67 Å². The van der Waals surface area contributed by atoms with Crippen LogP contribution in [0.4, 0.5) is 0 Å². The summed E-state index contributed by atoms with van der Waals surface area (Å²) >= 11 is 6.41. The maximum absolute atomic E-state index is 6.41. The first-order valence-corrected chi connectivity index (χ1v) is 8.24. The molecule has 0 aromatic carbocycles. The van der Waals surface area contributed by atoms with Crippen LogP contribution in [-0.4, -0.2) is 44.4 Å². The molecule has 3 heterocycles. The molecule has 0 N–H and O–H groups in total. The number of hydrogen-bond donors (Lipinski definition) is 0. The molecule has 0 spiro atoms. The lowest BCUT2D eigenvalue weighted by molar-refractivity contribution is 0.211. The molecule has 1 aliphatic heterocycles. The first kappa shape index (κ1) is 14.9. The van der Waals surface area contributed by atoms with E-state index in [0.29, 0.717) is 6.04 Å². The number of likely N-dealkylation sites (tertiary alicyclic amines) is 1. The number of rotatable bonds is 3. The van der Waals surface area contributed by atoms with E-state index in [-0.39, 0.29) is 5.38 Å². The molecule has 2 aromatic rings. The van der Waals surface area contributed by atoms with Crippen LogP contribution in [0, 0.1) is 6.92 Å². The van der Waals surface area contributed by atoms with Gasteiger partial charge < -0.3 is 9.47 Å². The van der Waals surface area contributed by atoms with Crippen molar-refractivity contribution in [3.8, 4) is 0 Å². The lowest BCUT2D eigenvalue weighted by atomic mass is 10.1. The summed E-state index contributed by atoms with van der Waals surface area (Å²) in [5.74, 6) is 0.981. The molecular formula is C15H24ClN5. The molecule has 2 atom stereocenters. The van der Waals surface area contributed by atoms with E-state index in [2.05, 4.69) is 33.2 Å². The van der Waals surface area contributed by atoms with Crippen molar-refractivity contribution >= 4 is 22.8 Å². The number of aryl methyl sites for hydroxylation is 2. The van der Waals surface area contributed by atoms with Crippen molar-refractivity contribution in [1.82, 2.24) is 24.2 Å². The summed E-state index contributed by atoms with van der Waals surface area (Å²) in [6, 6.07) is 0.436. The maximum Gasteiger partial charge on any atom is 0.159 e.